The van der Waals surface area contributed by atoms with Gasteiger partial charge in [0.15, 0.2) is 0 Å². The first-order chi connectivity index (χ1) is 8.06. The van der Waals surface area contributed by atoms with Crippen molar-refractivity contribution in [3.05, 3.63) is 34.2 Å². The molecule has 0 atom stereocenters. The van der Waals surface area contributed by atoms with Crippen molar-refractivity contribution in [2.75, 3.05) is 13.6 Å². The summed E-state index contributed by atoms with van der Waals surface area (Å²) in [5.41, 5.74) is 5.78. The van der Waals surface area contributed by atoms with Crippen LogP contribution >= 0.6 is 0 Å². The minimum atomic E-state index is -0.255. The second-order valence-electron chi connectivity index (χ2n) is 4.71. The second-order valence-corrected chi connectivity index (χ2v) is 4.71. The first-order valence-electron chi connectivity index (χ1n) is 5.76. The molecule has 1 aliphatic rings. The van der Waals surface area contributed by atoms with Crippen LogP contribution in [0.2, 0.25) is 0 Å². The summed E-state index contributed by atoms with van der Waals surface area (Å²) in [6.07, 6.45) is 1.95. The fraction of sp³-hybridized carbons (Fsp3) is 0.500. The predicted molar refractivity (Wildman–Crippen MR) is 64.7 cm³/mol. The largest absolute Gasteiger partial charge is 0.340 e. The zero-order valence-electron chi connectivity index (χ0n) is 9.85. The molecule has 1 aromatic rings. The number of pyridine rings is 1. The molecule has 0 radical (unpaired) electrons. The minimum Gasteiger partial charge on any atom is -0.340 e. The Morgan fingerprint density at radius 2 is 2.24 bits per heavy atom. The lowest BCUT2D eigenvalue weighted by Crippen LogP contribution is -2.43. The maximum atomic E-state index is 12.0. The van der Waals surface area contributed by atoms with E-state index in [1.807, 2.05) is 0 Å². The van der Waals surface area contributed by atoms with Crippen LogP contribution in [0.3, 0.4) is 0 Å². The molecule has 0 aromatic carbocycles. The standard InChI is InChI=1S/C12H17N3O2/c1-15(7-8-5-9(13)6-8)12(17)10-3-2-4-11(16)14-10/h2-4,8-9H,5-7,13H2,1H3,(H,14,16). The lowest BCUT2D eigenvalue weighted by Gasteiger charge is -2.35. The summed E-state index contributed by atoms with van der Waals surface area (Å²) in [5.74, 6) is 0.345. The van der Waals surface area contributed by atoms with Gasteiger partial charge in [0.1, 0.15) is 5.69 Å². The van der Waals surface area contributed by atoms with E-state index in [0.29, 0.717) is 24.2 Å². The second kappa shape index (κ2) is 4.71. The van der Waals surface area contributed by atoms with Gasteiger partial charge in [0, 0.05) is 25.7 Å². The van der Waals surface area contributed by atoms with Gasteiger partial charge in [0.05, 0.1) is 0 Å². The lowest BCUT2D eigenvalue weighted by atomic mass is 9.80. The van der Waals surface area contributed by atoms with Crippen molar-refractivity contribution >= 4 is 5.91 Å². The van der Waals surface area contributed by atoms with E-state index >= 15 is 0 Å². The monoisotopic (exact) mass is 235 g/mol. The fourth-order valence-corrected chi connectivity index (χ4v) is 2.18. The molecular formula is C12H17N3O2. The average Bonchev–Trinajstić information content (AvgIpc) is 2.26. The minimum absolute atomic E-state index is 0.150. The maximum Gasteiger partial charge on any atom is 0.270 e. The summed E-state index contributed by atoms with van der Waals surface area (Å²) in [7, 11) is 1.75. The van der Waals surface area contributed by atoms with E-state index in [1.54, 1.807) is 24.1 Å². The number of hydrogen-bond acceptors (Lipinski definition) is 3. The molecule has 5 nitrogen and oxygen atoms in total. The smallest absolute Gasteiger partial charge is 0.270 e. The van der Waals surface area contributed by atoms with Gasteiger partial charge in [-0.25, -0.2) is 0 Å². The van der Waals surface area contributed by atoms with Gasteiger partial charge in [-0.3, -0.25) is 9.59 Å². The van der Waals surface area contributed by atoms with Gasteiger partial charge in [-0.2, -0.15) is 0 Å². The molecule has 2 rings (SSSR count). The summed E-state index contributed by atoms with van der Waals surface area (Å²) in [5, 5.41) is 0. The van der Waals surface area contributed by atoms with Crippen LogP contribution in [0, 0.1) is 5.92 Å². The molecule has 3 N–H and O–H groups in total. The highest BCUT2D eigenvalue weighted by atomic mass is 16.2. The Morgan fingerprint density at radius 3 is 2.82 bits per heavy atom. The molecule has 0 bridgehead atoms. The highest BCUT2D eigenvalue weighted by Crippen LogP contribution is 2.26. The predicted octanol–water partition coefficient (Wildman–Crippen LogP) is 0.184. The number of nitrogens with two attached hydrogens (primary N) is 1. The number of carbonyl (C=O) groups is 1. The third-order valence-electron chi connectivity index (χ3n) is 3.15. The molecule has 0 saturated heterocycles. The van der Waals surface area contributed by atoms with Crippen LogP contribution in [0.15, 0.2) is 23.0 Å². The van der Waals surface area contributed by atoms with Crippen LogP contribution in [0.4, 0.5) is 0 Å². The Hall–Kier alpha value is -1.62. The van der Waals surface area contributed by atoms with Crippen LogP contribution < -0.4 is 11.3 Å². The third kappa shape index (κ3) is 2.74. The number of carbonyl (C=O) groups excluding carboxylic acids is 1. The van der Waals surface area contributed by atoms with Crippen LogP contribution in [0.1, 0.15) is 23.3 Å². The van der Waals surface area contributed by atoms with E-state index in [1.165, 1.54) is 6.07 Å². The van der Waals surface area contributed by atoms with Gasteiger partial charge in [-0.1, -0.05) is 6.07 Å². The van der Waals surface area contributed by atoms with Crippen molar-refractivity contribution in [1.82, 2.24) is 9.88 Å². The molecule has 5 heteroatoms. The molecule has 1 amide bonds. The highest BCUT2D eigenvalue weighted by Gasteiger charge is 2.28. The van der Waals surface area contributed by atoms with Gasteiger partial charge in [-0.05, 0) is 24.8 Å². The first-order valence-corrected chi connectivity index (χ1v) is 5.76. The zero-order chi connectivity index (χ0) is 12.4. The van der Waals surface area contributed by atoms with Gasteiger partial charge in [0.25, 0.3) is 5.91 Å². The van der Waals surface area contributed by atoms with E-state index < -0.39 is 0 Å². The van der Waals surface area contributed by atoms with Crippen molar-refractivity contribution in [1.29, 1.82) is 0 Å². The highest BCUT2D eigenvalue weighted by molar-refractivity contribution is 5.92. The van der Waals surface area contributed by atoms with E-state index in [2.05, 4.69) is 4.98 Å². The molecule has 1 fully saturated rings. The molecule has 1 heterocycles. The molecule has 0 aliphatic heterocycles. The van der Waals surface area contributed by atoms with E-state index in [0.717, 1.165) is 12.8 Å². The third-order valence-corrected chi connectivity index (χ3v) is 3.15. The average molecular weight is 235 g/mol. The molecule has 1 aromatic heterocycles. The number of H-pyrrole nitrogens is 1. The van der Waals surface area contributed by atoms with Crippen molar-refractivity contribution in [2.24, 2.45) is 11.7 Å². The Morgan fingerprint density at radius 1 is 1.53 bits per heavy atom. The Kier molecular flexibility index (Phi) is 3.28. The zero-order valence-corrected chi connectivity index (χ0v) is 9.85. The van der Waals surface area contributed by atoms with Crippen LogP contribution in [-0.4, -0.2) is 35.4 Å². The van der Waals surface area contributed by atoms with Crippen molar-refractivity contribution in [3.8, 4) is 0 Å². The quantitative estimate of drug-likeness (QED) is 0.784. The molecule has 1 aliphatic carbocycles. The van der Waals surface area contributed by atoms with E-state index in [-0.39, 0.29) is 11.5 Å². The summed E-state index contributed by atoms with van der Waals surface area (Å²) >= 11 is 0. The van der Waals surface area contributed by atoms with Gasteiger partial charge < -0.3 is 15.6 Å². The molecule has 92 valence electrons. The van der Waals surface area contributed by atoms with Crippen LogP contribution in [0.5, 0.6) is 0 Å². The Bertz CT molecular complexity index is 463. The number of aromatic amines is 1. The van der Waals surface area contributed by atoms with Crippen molar-refractivity contribution in [2.45, 2.75) is 18.9 Å². The van der Waals surface area contributed by atoms with Crippen LogP contribution in [-0.2, 0) is 0 Å². The molecular weight excluding hydrogens is 218 g/mol. The van der Waals surface area contributed by atoms with Gasteiger partial charge in [0.2, 0.25) is 5.56 Å². The summed E-state index contributed by atoms with van der Waals surface area (Å²) in [6.45, 7) is 0.698. The number of amides is 1. The Labute approximate surface area is 99.6 Å². The number of aromatic nitrogens is 1. The van der Waals surface area contributed by atoms with Gasteiger partial charge >= 0.3 is 0 Å². The first kappa shape index (κ1) is 11.9. The topological polar surface area (TPSA) is 79.2 Å². The van der Waals surface area contributed by atoms with Gasteiger partial charge in [-0.15, -0.1) is 0 Å². The Balaban J connectivity index is 1.97. The molecule has 0 spiro atoms. The lowest BCUT2D eigenvalue weighted by molar-refractivity contribution is 0.0728. The maximum absolute atomic E-state index is 12.0. The van der Waals surface area contributed by atoms with Crippen molar-refractivity contribution < 1.29 is 4.79 Å². The summed E-state index contributed by atoms with van der Waals surface area (Å²) < 4.78 is 0. The fourth-order valence-electron chi connectivity index (χ4n) is 2.18. The summed E-state index contributed by atoms with van der Waals surface area (Å²) in [6, 6.07) is 4.88. The molecule has 17 heavy (non-hydrogen) atoms. The van der Waals surface area contributed by atoms with E-state index in [9.17, 15) is 9.59 Å². The summed E-state index contributed by atoms with van der Waals surface area (Å²) in [4.78, 5) is 27.3. The number of nitrogens with one attached hydrogen (secondary N) is 1. The van der Waals surface area contributed by atoms with Crippen molar-refractivity contribution in [3.63, 3.8) is 0 Å². The SMILES string of the molecule is CN(CC1CC(N)C1)C(=O)c1cccc(=O)[nH]1. The molecule has 1 saturated carbocycles. The number of hydrogen-bond donors (Lipinski definition) is 2. The molecule has 0 unspecified atom stereocenters. The normalized spacial score (nSPS) is 22.9. The number of nitrogens with zero attached hydrogens (tertiary/aromatic N) is 1. The van der Waals surface area contributed by atoms with E-state index in [4.69, 9.17) is 5.73 Å². The van der Waals surface area contributed by atoms with Crippen LogP contribution in [0.25, 0.3) is 0 Å². The number of rotatable bonds is 3.